The van der Waals surface area contributed by atoms with Gasteiger partial charge in [0.15, 0.2) is 0 Å². The van der Waals surface area contributed by atoms with Crippen LogP contribution in [0, 0.1) is 0 Å². The minimum atomic E-state index is -0.263. The number of furan rings is 1. The Hall–Kier alpha value is -9.24. The van der Waals surface area contributed by atoms with Gasteiger partial charge in [-0.25, -0.2) is 0 Å². The first kappa shape index (κ1) is 45.9. The number of nitrogens with zero attached hydrogens (tertiary/aromatic N) is 1. The SMILES string of the molecule is CC1(C)c2cc(-c3ccc4ccccc4c3)ccc2-c2ccc(N(c3ccc4c(c3)C(C)(C)c3cc(-c5ccc6ccccc6c5)ccc3-4)c3ccc4c(c3)C(C)(C)c3cc(-c5ccc6c(c5)oc5ccccc56)ccc3-4)cc21. The van der Waals surface area contributed by atoms with Crippen LogP contribution in [-0.2, 0) is 16.2 Å². The molecule has 0 N–H and O–H groups in total. The molecule has 0 saturated carbocycles. The van der Waals surface area contributed by atoms with Gasteiger partial charge in [-0.3, -0.25) is 0 Å². The van der Waals surface area contributed by atoms with E-state index in [1.165, 1.54) is 116 Å². The molecule has 0 radical (unpaired) electrons. The van der Waals surface area contributed by atoms with Crippen molar-refractivity contribution < 1.29 is 4.42 Å². The molecule has 1 aromatic heterocycles. The van der Waals surface area contributed by atoms with Crippen LogP contribution in [-0.4, -0.2) is 0 Å². The summed E-state index contributed by atoms with van der Waals surface area (Å²) in [6.45, 7) is 14.5. The maximum Gasteiger partial charge on any atom is 0.136 e. The summed E-state index contributed by atoms with van der Waals surface area (Å²) in [7, 11) is 0. The first-order chi connectivity index (χ1) is 38.4. The molecule has 13 aromatic rings. The van der Waals surface area contributed by atoms with Crippen molar-refractivity contribution in [3.05, 3.63) is 270 Å². The molecular weight excluding hydrogens is 955 g/mol. The molecule has 2 nitrogen and oxygen atoms in total. The van der Waals surface area contributed by atoms with Crippen molar-refractivity contribution in [3.63, 3.8) is 0 Å². The minimum Gasteiger partial charge on any atom is -0.456 e. The molecule has 0 aliphatic heterocycles. The summed E-state index contributed by atoms with van der Waals surface area (Å²) in [6, 6.07) is 89.0. The zero-order valence-corrected chi connectivity index (χ0v) is 45.4. The van der Waals surface area contributed by atoms with E-state index in [0.29, 0.717) is 0 Å². The fraction of sp³-hybridized carbons (Fsp3) is 0.117. The molecule has 12 aromatic carbocycles. The number of para-hydroxylation sites is 1. The van der Waals surface area contributed by atoms with Gasteiger partial charge in [0.1, 0.15) is 11.2 Å². The van der Waals surface area contributed by atoms with E-state index in [-0.39, 0.29) is 16.2 Å². The zero-order chi connectivity index (χ0) is 53.1. The average molecular weight is 1010 g/mol. The van der Waals surface area contributed by atoms with Gasteiger partial charge in [0.25, 0.3) is 0 Å². The molecule has 2 heteroatoms. The molecular formula is C77H57NO. The van der Waals surface area contributed by atoms with Crippen molar-refractivity contribution in [1.29, 1.82) is 0 Å². The summed E-state index contributed by atoms with van der Waals surface area (Å²) < 4.78 is 6.37. The topological polar surface area (TPSA) is 16.4 Å². The Morgan fingerprint density at radius 2 is 0.570 bits per heavy atom. The number of anilines is 3. The predicted molar refractivity (Wildman–Crippen MR) is 332 cm³/mol. The summed E-state index contributed by atoms with van der Waals surface area (Å²) in [5, 5.41) is 7.35. The van der Waals surface area contributed by atoms with Crippen LogP contribution in [0.3, 0.4) is 0 Å². The summed E-state index contributed by atoms with van der Waals surface area (Å²) in [4.78, 5) is 2.53. The number of hydrogen-bond acceptors (Lipinski definition) is 2. The first-order valence-electron chi connectivity index (χ1n) is 28.0. The second kappa shape index (κ2) is 16.4. The molecule has 79 heavy (non-hydrogen) atoms. The highest BCUT2D eigenvalue weighted by Gasteiger charge is 2.40. The predicted octanol–water partition coefficient (Wildman–Crippen LogP) is 21.3. The van der Waals surface area contributed by atoms with Gasteiger partial charge < -0.3 is 9.32 Å². The van der Waals surface area contributed by atoms with Gasteiger partial charge in [0, 0.05) is 44.1 Å². The number of rotatable bonds is 6. The summed E-state index contributed by atoms with van der Waals surface area (Å²) >= 11 is 0. The van der Waals surface area contributed by atoms with Gasteiger partial charge in [-0.05, 0) is 207 Å². The Kier molecular flexibility index (Phi) is 9.53. The van der Waals surface area contributed by atoms with Crippen LogP contribution in [0.25, 0.3) is 110 Å². The van der Waals surface area contributed by atoms with E-state index in [0.717, 1.165) is 44.6 Å². The highest BCUT2D eigenvalue weighted by Crippen LogP contribution is 2.56. The van der Waals surface area contributed by atoms with Crippen LogP contribution in [0.5, 0.6) is 0 Å². The third-order valence-electron chi connectivity index (χ3n) is 18.6. The second-order valence-electron chi connectivity index (χ2n) is 24.1. The largest absolute Gasteiger partial charge is 0.456 e. The normalized spacial score (nSPS) is 14.8. The quantitative estimate of drug-likeness (QED) is 0.165. The standard InChI is InChI=1S/C77H57NO/c1-75(2)67-39-52(50-21-19-46-13-7-9-15-48(46)37-50)23-30-59(67)62-34-27-56(43-70(62)75)78(57-28-35-63-60-31-24-53(40-68(60)76(3,4)71(63)44-57)51-22-20-47-14-8-10-16-49(47)38-51)58-29-36-64-61-32-25-54(41-69(61)77(5,6)72(64)45-58)55-26-33-66-65-17-11-12-18-73(65)79-74(66)42-55/h7-45H,1-6H3. The van der Waals surface area contributed by atoms with Crippen molar-refractivity contribution in [2.75, 3.05) is 4.90 Å². The molecule has 16 rings (SSSR count). The van der Waals surface area contributed by atoms with Crippen molar-refractivity contribution in [1.82, 2.24) is 0 Å². The Balaban J connectivity index is 0.809. The van der Waals surface area contributed by atoms with Gasteiger partial charge in [-0.15, -0.1) is 0 Å². The van der Waals surface area contributed by atoms with Gasteiger partial charge in [0.05, 0.1) is 0 Å². The van der Waals surface area contributed by atoms with Crippen LogP contribution < -0.4 is 4.90 Å². The molecule has 0 atom stereocenters. The van der Waals surface area contributed by atoms with Crippen molar-refractivity contribution in [2.45, 2.75) is 57.8 Å². The summed E-state index contributed by atoms with van der Waals surface area (Å²) in [6.07, 6.45) is 0. The lowest BCUT2D eigenvalue weighted by Gasteiger charge is -2.31. The molecule has 0 unspecified atom stereocenters. The highest BCUT2D eigenvalue weighted by atomic mass is 16.3. The lowest BCUT2D eigenvalue weighted by molar-refractivity contribution is 0.659. The Morgan fingerprint density at radius 3 is 1.01 bits per heavy atom. The van der Waals surface area contributed by atoms with Gasteiger partial charge in [-0.2, -0.15) is 0 Å². The Bertz CT molecular complexity index is 4580. The molecule has 0 saturated heterocycles. The Morgan fingerprint density at radius 1 is 0.253 bits per heavy atom. The van der Waals surface area contributed by atoms with Crippen molar-refractivity contribution in [3.8, 4) is 66.8 Å². The van der Waals surface area contributed by atoms with E-state index >= 15 is 0 Å². The molecule has 0 fully saturated rings. The van der Waals surface area contributed by atoms with Crippen LogP contribution in [0.1, 0.15) is 74.9 Å². The third kappa shape index (κ3) is 6.77. The number of hydrogen-bond donors (Lipinski definition) is 0. The number of benzene rings is 12. The van der Waals surface area contributed by atoms with Gasteiger partial charge in [0.2, 0.25) is 0 Å². The van der Waals surface area contributed by atoms with Crippen LogP contribution >= 0.6 is 0 Å². The zero-order valence-electron chi connectivity index (χ0n) is 45.4. The van der Waals surface area contributed by atoms with Crippen LogP contribution in [0.15, 0.2) is 241 Å². The lowest BCUT2D eigenvalue weighted by atomic mass is 9.80. The van der Waals surface area contributed by atoms with E-state index in [1.807, 2.05) is 6.07 Å². The van der Waals surface area contributed by atoms with E-state index in [4.69, 9.17) is 4.42 Å². The fourth-order valence-corrected chi connectivity index (χ4v) is 14.2. The molecule has 1 heterocycles. The first-order valence-corrected chi connectivity index (χ1v) is 28.0. The Labute approximate surface area is 461 Å². The van der Waals surface area contributed by atoms with E-state index in [1.54, 1.807) is 0 Å². The fourth-order valence-electron chi connectivity index (χ4n) is 14.2. The van der Waals surface area contributed by atoms with E-state index in [9.17, 15) is 0 Å². The molecule has 376 valence electrons. The molecule has 3 aliphatic rings. The monoisotopic (exact) mass is 1010 g/mol. The van der Waals surface area contributed by atoms with Crippen molar-refractivity contribution >= 4 is 60.5 Å². The minimum absolute atomic E-state index is 0.238. The number of fused-ring (bicyclic) bond motifs is 14. The van der Waals surface area contributed by atoms with E-state index in [2.05, 4.69) is 277 Å². The smallest absolute Gasteiger partial charge is 0.136 e. The highest BCUT2D eigenvalue weighted by molar-refractivity contribution is 6.06. The molecule has 3 aliphatic carbocycles. The average Bonchev–Trinajstić information content (AvgIpc) is 4.35. The maximum absolute atomic E-state index is 6.37. The third-order valence-corrected chi connectivity index (χ3v) is 18.6. The van der Waals surface area contributed by atoms with Crippen LogP contribution in [0.2, 0.25) is 0 Å². The second-order valence-corrected chi connectivity index (χ2v) is 24.1. The van der Waals surface area contributed by atoms with Gasteiger partial charge in [-0.1, -0.05) is 193 Å². The maximum atomic E-state index is 6.37. The molecule has 0 bridgehead atoms. The lowest BCUT2D eigenvalue weighted by Crippen LogP contribution is -2.19. The van der Waals surface area contributed by atoms with Crippen molar-refractivity contribution in [2.24, 2.45) is 0 Å². The van der Waals surface area contributed by atoms with Crippen LogP contribution in [0.4, 0.5) is 17.1 Å². The van der Waals surface area contributed by atoms with E-state index < -0.39 is 0 Å². The summed E-state index contributed by atoms with van der Waals surface area (Å²) in [5.41, 5.74) is 27.8. The molecule has 0 amide bonds. The molecule has 0 spiro atoms. The summed E-state index contributed by atoms with van der Waals surface area (Å²) in [5.74, 6) is 0. The van der Waals surface area contributed by atoms with Gasteiger partial charge >= 0.3 is 0 Å².